The summed E-state index contributed by atoms with van der Waals surface area (Å²) in [5, 5.41) is 2.91. The topological polar surface area (TPSA) is 66.5 Å². The number of nitrogens with zero attached hydrogens (tertiary/aromatic N) is 1. The largest absolute Gasteiger partial charge is 0.326 e. The maximum absolute atomic E-state index is 13.1. The summed E-state index contributed by atoms with van der Waals surface area (Å²) in [6, 6.07) is 12.4. The van der Waals surface area contributed by atoms with E-state index in [9.17, 15) is 13.2 Å². The molecule has 1 heterocycles. The molecule has 0 atom stereocenters. The number of nitrogens with one attached hydrogen (secondary N) is 1. The normalized spacial score (nSPS) is 14.1. The van der Waals surface area contributed by atoms with Crippen molar-refractivity contribution in [2.75, 3.05) is 16.2 Å². The molecule has 1 aliphatic heterocycles. The van der Waals surface area contributed by atoms with Crippen LogP contribution in [0.25, 0.3) is 0 Å². The van der Waals surface area contributed by atoms with Gasteiger partial charge in [-0.25, -0.2) is 8.42 Å². The number of hydrogen-bond acceptors (Lipinski definition) is 3. The van der Waals surface area contributed by atoms with Crippen LogP contribution in [0.3, 0.4) is 0 Å². The first-order chi connectivity index (χ1) is 12.8. The first-order valence-electron chi connectivity index (χ1n) is 9.29. The predicted molar refractivity (Wildman–Crippen MR) is 109 cm³/mol. The van der Waals surface area contributed by atoms with Gasteiger partial charge in [-0.2, -0.15) is 0 Å². The molecular formula is C21H26N2O3S. The van der Waals surface area contributed by atoms with E-state index in [0.717, 1.165) is 24.0 Å². The molecule has 1 aliphatic rings. The van der Waals surface area contributed by atoms with E-state index in [-0.39, 0.29) is 11.8 Å². The van der Waals surface area contributed by atoms with E-state index >= 15 is 0 Å². The number of rotatable bonds is 5. The first-order valence-corrected chi connectivity index (χ1v) is 10.7. The smallest absolute Gasteiger partial charge is 0.264 e. The molecule has 3 rings (SSSR count). The lowest BCUT2D eigenvalue weighted by atomic mass is 10.0. The van der Waals surface area contributed by atoms with Crippen LogP contribution in [0.2, 0.25) is 0 Å². The van der Waals surface area contributed by atoms with E-state index in [1.54, 1.807) is 24.3 Å². The molecule has 0 fully saturated rings. The highest BCUT2D eigenvalue weighted by molar-refractivity contribution is 7.92. The zero-order valence-corrected chi connectivity index (χ0v) is 16.8. The van der Waals surface area contributed by atoms with E-state index in [1.807, 2.05) is 39.0 Å². The maximum atomic E-state index is 13.1. The van der Waals surface area contributed by atoms with E-state index in [1.165, 1.54) is 4.31 Å². The molecule has 0 unspecified atom stereocenters. The monoisotopic (exact) mass is 386 g/mol. The molecule has 1 N–H and O–H groups in total. The van der Waals surface area contributed by atoms with E-state index in [4.69, 9.17) is 0 Å². The van der Waals surface area contributed by atoms with Crippen molar-refractivity contribution < 1.29 is 13.2 Å². The minimum Gasteiger partial charge on any atom is -0.326 e. The summed E-state index contributed by atoms with van der Waals surface area (Å²) >= 11 is 0. The Kier molecular flexibility index (Phi) is 5.56. The number of fused-ring (bicyclic) bond motifs is 1. The Morgan fingerprint density at radius 1 is 1.15 bits per heavy atom. The number of anilines is 2. The van der Waals surface area contributed by atoms with Crippen molar-refractivity contribution in [3.05, 3.63) is 53.6 Å². The van der Waals surface area contributed by atoms with Crippen LogP contribution in [0.1, 0.15) is 37.8 Å². The van der Waals surface area contributed by atoms with Crippen molar-refractivity contribution >= 4 is 27.3 Å². The Morgan fingerprint density at radius 3 is 2.52 bits per heavy atom. The van der Waals surface area contributed by atoms with Gasteiger partial charge in [0.15, 0.2) is 0 Å². The molecule has 144 valence electrons. The van der Waals surface area contributed by atoms with Crippen molar-refractivity contribution in [3.63, 3.8) is 0 Å². The van der Waals surface area contributed by atoms with Gasteiger partial charge in [-0.1, -0.05) is 31.5 Å². The standard InChI is InChI=1S/C21H26N2O3S/c1-15(2)13-21(24)22-18-8-11-20-17(14-18)5-4-12-23(20)27(25,26)19-9-6-16(3)7-10-19/h6-11,14-15H,4-5,12-13H2,1-3H3,(H,22,24). The van der Waals surface area contributed by atoms with Gasteiger partial charge in [0.2, 0.25) is 5.91 Å². The van der Waals surface area contributed by atoms with Gasteiger partial charge in [-0.3, -0.25) is 9.10 Å². The van der Waals surface area contributed by atoms with Crippen LogP contribution < -0.4 is 9.62 Å². The number of sulfonamides is 1. The van der Waals surface area contributed by atoms with Crippen LogP contribution in [0.4, 0.5) is 11.4 Å². The molecule has 1 amide bonds. The predicted octanol–water partition coefficient (Wildman–Crippen LogP) is 4.12. The molecule has 6 heteroatoms. The van der Waals surface area contributed by atoms with Crippen LogP contribution >= 0.6 is 0 Å². The second-order valence-corrected chi connectivity index (χ2v) is 9.35. The molecule has 5 nitrogen and oxygen atoms in total. The summed E-state index contributed by atoms with van der Waals surface area (Å²) in [5.41, 5.74) is 3.38. The Morgan fingerprint density at radius 2 is 1.85 bits per heavy atom. The Hall–Kier alpha value is -2.34. The van der Waals surface area contributed by atoms with Crippen LogP contribution in [0.5, 0.6) is 0 Å². The number of carbonyl (C=O) groups excluding carboxylic acids is 1. The molecule has 0 aliphatic carbocycles. The van der Waals surface area contributed by atoms with Gasteiger partial charge in [0.25, 0.3) is 10.0 Å². The summed E-state index contributed by atoms with van der Waals surface area (Å²) in [5.74, 6) is 0.266. The van der Waals surface area contributed by atoms with Crippen LogP contribution in [0, 0.1) is 12.8 Å². The number of aryl methyl sites for hydroxylation is 2. The van der Waals surface area contributed by atoms with Crippen LogP contribution in [0.15, 0.2) is 47.4 Å². The van der Waals surface area contributed by atoms with Crippen LogP contribution in [-0.4, -0.2) is 20.9 Å². The maximum Gasteiger partial charge on any atom is 0.264 e. The summed E-state index contributed by atoms with van der Waals surface area (Å²) in [6.07, 6.45) is 2.01. The fourth-order valence-electron chi connectivity index (χ4n) is 3.31. The molecule has 0 spiro atoms. The SMILES string of the molecule is Cc1ccc(S(=O)(=O)N2CCCc3cc(NC(=O)CC(C)C)ccc32)cc1. The lowest BCUT2D eigenvalue weighted by Gasteiger charge is -2.31. The minimum atomic E-state index is -3.60. The van der Waals surface area contributed by atoms with E-state index < -0.39 is 10.0 Å². The van der Waals surface area contributed by atoms with E-state index in [0.29, 0.717) is 29.2 Å². The number of carbonyl (C=O) groups is 1. The summed E-state index contributed by atoms with van der Waals surface area (Å²) < 4.78 is 27.7. The Labute approximate surface area is 161 Å². The second-order valence-electron chi connectivity index (χ2n) is 7.48. The molecule has 0 bridgehead atoms. The van der Waals surface area contributed by atoms with Gasteiger partial charge >= 0.3 is 0 Å². The highest BCUT2D eigenvalue weighted by Gasteiger charge is 2.29. The van der Waals surface area contributed by atoms with E-state index in [2.05, 4.69) is 5.32 Å². The summed E-state index contributed by atoms with van der Waals surface area (Å²) in [6.45, 7) is 6.39. The Balaban J connectivity index is 1.88. The summed E-state index contributed by atoms with van der Waals surface area (Å²) in [4.78, 5) is 12.3. The molecule has 0 aromatic heterocycles. The Bertz CT molecular complexity index is 934. The van der Waals surface area contributed by atoms with Gasteiger partial charge in [0.05, 0.1) is 10.6 Å². The zero-order valence-electron chi connectivity index (χ0n) is 16.0. The average molecular weight is 387 g/mol. The highest BCUT2D eigenvalue weighted by atomic mass is 32.2. The van der Waals surface area contributed by atoms with Crippen molar-refractivity contribution in [1.82, 2.24) is 0 Å². The molecule has 0 saturated carbocycles. The fourth-order valence-corrected chi connectivity index (χ4v) is 4.85. The van der Waals surface area contributed by atoms with Crippen LogP contribution in [-0.2, 0) is 21.2 Å². The molecule has 0 saturated heterocycles. The van der Waals surface area contributed by atoms with Crippen molar-refractivity contribution in [2.45, 2.75) is 44.9 Å². The first kappa shape index (κ1) is 19.4. The van der Waals surface area contributed by atoms with Gasteiger partial charge in [0.1, 0.15) is 0 Å². The molecule has 2 aromatic carbocycles. The molecule has 2 aromatic rings. The zero-order chi connectivity index (χ0) is 19.6. The number of hydrogen-bond donors (Lipinski definition) is 1. The fraction of sp³-hybridized carbons (Fsp3) is 0.381. The third-order valence-electron chi connectivity index (χ3n) is 4.64. The average Bonchev–Trinajstić information content (AvgIpc) is 2.60. The minimum absolute atomic E-state index is 0.0232. The van der Waals surface area contributed by atoms with Crippen molar-refractivity contribution in [1.29, 1.82) is 0 Å². The van der Waals surface area contributed by atoms with Gasteiger partial charge in [0, 0.05) is 18.7 Å². The molecule has 0 radical (unpaired) electrons. The second kappa shape index (κ2) is 7.72. The third kappa shape index (κ3) is 4.33. The lowest BCUT2D eigenvalue weighted by molar-refractivity contribution is -0.116. The number of amides is 1. The molecular weight excluding hydrogens is 360 g/mol. The van der Waals surface area contributed by atoms with Gasteiger partial charge < -0.3 is 5.32 Å². The highest BCUT2D eigenvalue weighted by Crippen LogP contribution is 2.33. The lowest BCUT2D eigenvalue weighted by Crippen LogP contribution is -2.35. The van der Waals surface area contributed by atoms with Crippen molar-refractivity contribution in [2.24, 2.45) is 5.92 Å². The quantitative estimate of drug-likeness (QED) is 0.840. The molecule has 27 heavy (non-hydrogen) atoms. The van der Waals surface area contributed by atoms with Gasteiger partial charge in [-0.15, -0.1) is 0 Å². The van der Waals surface area contributed by atoms with Crippen molar-refractivity contribution in [3.8, 4) is 0 Å². The van der Waals surface area contributed by atoms with Gasteiger partial charge in [-0.05, 0) is 61.6 Å². The number of benzene rings is 2. The summed E-state index contributed by atoms with van der Waals surface area (Å²) in [7, 11) is -3.60. The third-order valence-corrected chi connectivity index (χ3v) is 6.47.